The molecule has 1 aromatic rings. The normalized spacial score (nSPS) is 22.0. The van der Waals surface area contributed by atoms with Crippen molar-refractivity contribution in [2.45, 2.75) is 32.6 Å². The van der Waals surface area contributed by atoms with Crippen LogP contribution in [0.2, 0.25) is 0 Å². The van der Waals surface area contributed by atoms with Crippen LogP contribution in [0.25, 0.3) is 0 Å². The average Bonchev–Trinajstić information content (AvgIpc) is 2.50. The molecule has 4 nitrogen and oxygen atoms in total. The molecule has 2 unspecified atom stereocenters. The largest absolute Gasteiger partial charge is 0.396 e. The lowest BCUT2D eigenvalue weighted by Crippen LogP contribution is -2.36. The van der Waals surface area contributed by atoms with Crippen molar-refractivity contribution in [3.8, 4) is 0 Å². The molecule has 21 heavy (non-hydrogen) atoms. The number of carbonyl (C=O) groups excluding carboxylic acids is 1. The van der Waals surface area contributed by atoms with E-state index in [2.05, 4.69) is 10.6 Å². The molecule has 0 saturated heterocycles. The highest BCUT2D eigenvalue weighted by Crippen LogP contribution is 2.28. The molecule has 0 bridgehead atoms. The average molecular weight is 290 g/mol. The Morgan fingerprint density at radius 3 is 2.52 bits per heavy atom. The Labute approximate surface area is 126 Å². The summed E-state index contributed by atoms with van der Waals surface area (Å²) in [5.74, 6) is 0.873. The van der Waals surface area contributed by atoms with Gasteiger partial charge in [-0.15, -0.1) is 0 Å². The number of hydrogen-bond acceptors (Lipinski definition) is 3. The van der Waals surface area contributed by atoms with Crippen molar-refractivity contribution >= 4 is 11.6 Å². The van der Waals surface area contributed by atoms with E-state index in [9.17, 15) is 9.90 Å². The fraction of sp³-hybridized carbons (Fsp3) is 0.588. The first-order chi connectivity index (χ1) is 10.2. The summed E-state index contributed by atoms with van der Waals surface area (Å²) in [6.07, 6.45) is 4.71. The van der Waals surface area contributed by atoms with Crippen LogP contribution in [0, 0.1) is 18.8 Å². The zero-order valence-corrected chi connectivity index (χ0v) is 12.8. The zero-order valence-electron chi connectivity index (χ0n) is 12.8. The predicted molar refractivity (Wildman–Crippen MR) is 85.2 cm³/mol. The van der Waals surface area contributed by atoms with Crippen molar-refractivity contribution in [2.24, 2.45) is 11.8 Å². The van der Waals surface area contributed by atoms with Crippen molar-refractivity contribution in [2.75, 3.05) is 25.0 Å². The summed E-state index contributed by atoms with van der Waals surface area (Å²) in [4.78, 5) is 11.9. The lowest BCUT2D eigenvalue weighted by atomic mass is 9.79. The first-order valence-corrected chi connectivity index (χ1v) is 7.87. The Kier molecular flexibility index (Phi) is 6.21. The number of benzene rings is 1. The molecule has 1 amide bonds. The van der Waals surface area contributed by atoms with E-state index >= 15 is 0 Å². The minimum atomic E-state index is -0.0183. The molecule has 0 heterocycles. The van der Waals surface area contributed by atoms with Crippen LogP contribution in [0.1, 0.15) is 31.2 Å². The molecular formula is C17H26N2O2. The number of nitrogens with one attached hydrogen (secondary N) is 2. The van der Waals surface area contributed by atoms with Gasteiger partial charge in [0.1, 0.15) is 0 Å². The van der Waals surface area contributed by atoms with Gasteiger partial charge in [0.2, 0.25) is 5.91 Å². The second-order valence-corrected chi connectivity index (χ2v) is 6.03. The lowest BCUT2D eigenvalue weighted by molar-refractivity contribution is -0.115. The fourth-order valence-corrected chi connectivity index (χ4v) is 3.01. The van der Waals surface area contributed by atoms with Crippen LogP contribution in [-0.2, 0) is 4.79 Å². The lowest BCUT2D eigenvalue weighted by Gasteiger charge is -2.30. The molecule has 1 aliphatic carbocycles. The molecule has 0 radical (unpaired) electrons. The number of aliphatic hydroxyl groups is 1. The third-order valence-corrected chi connectivity index (χ3v) is 4.33. The number of rotatable bonds is 6. The smallest absolute Gasteiger partial charge is 0.238 e. The molecule has 0 aromatic heterocycles. The Morgan fingerprint density at radius 2 is 1.86 bits per heavy atom. The maximum Gasteiger partial charge on any atom is 0.238 e. The standard InChI is InChI=1S/C17H26N2O2/c1-13-6-8-16(9-7-13)19-17(21)11-18-10-14-4-2-3-5-15(14)12-20/h6-9,14-15,18,20H,2-5,10-12H2,1H3,(H,19,21). The van der Waals surface area contributed by atoms with Gasteiger partial charge in [-0.3, -0.25) is 4.79 Å². The van der Waals surface area contributed by atoms with Gasteiger partial charge in [0.15, 0.2) is 0 Å². The molecule has 4 heteroatoms. The van der Waals surface area contributed by atoms with Crippen LogP contribution < -0.4 is 10.6 Å². The molecule has 1 aromatic carbocycles. The van der Waals surface area contributed by atoms with Crippen LogP contribution in [0.15, 0.2) is 24.3 Å². The minimum absolute atomic E-state index is 0.0183. The summed E-state index contributed by atoms with van der Waals surface area (Å²) in [5, 5.41) is 15.5. The molecule has 0 spiro atoms. The van der Waals surface area contributed by atoms with Gasteiger partial charge < -0.3 is 15.7 Å². The SMILES string of the molecule is Cc1ccc(NC(=O)CNCC2CCCCC2CO)cc1. The topological polar surface area (TPSA) is 61.4 Å². The van der Waals surface area contributed by atoms with Crippen LogP contribution in [0.4, 0.5) is 5.69 Å². The Bertz CT molecular complexity index is 445. The summed E-state index contributed by atoms with van der Waals surface area (Å²) >= 11 is 0. The Hall–Kier alpha value is -1.39. The second kappa shape index (κ2) is 8.15. The van der Waals surface area contributed by atoms with Crippen LogP contribution in [0.3, 0.4) is 0 Å². The van der Waals surface area contributed by atoms with Crippen molar-refractivity contribution in [1.82, 2.24) is 5.32 Å². The molecule has 0 aliphatic heterocycles. The number of anilines is 1. The Balaban J connectivity index is 1.70. The van der Waals surface area contributed by atoms with E-state index in [-0.39, 0.29) is 12.5 Å². The fourth-order valence-electron chi connectivity index (χ4n) is 3.01. The molecule has 2 atom stereocenters. The summed E-state index contributed by atoms with van der Waals surface area (Å²) in [6.45, 7) is 3.42. The van der Waals surface area contributed by atoms with Crippen LogP contribution in [0.5, 0.6) is 0 Å². The highest BCUT2D eigenvalue weighted by atomic mass is 16.3. The van der Waals surface area contributed by atoms with E-state index in [1.807, 2.05) is 31.2 Å². The van der Waals surface area contributed by atoms with Gasteiger partial charge in [-0.2, -0.15) is 0 Å². The summed E-state index contributed by atoms with van der Waals surface area (Å²) in [7, 11) is 0. The molecular weight excluding hydrogens is 264 g/mol. The van der Waals surface area contributed by atoms with Crippen molar-refractivity contribution in [1.29, 1.82) is 0 Å². The summed E-state index contributed by atoms with van der Waals surface area (Å²) in [6, 6.07) is 7.79. The van der Waals surface area contributed by atoms with E-state index in [0.717, 1.165) is 25.1 Å². The van der Waals surface area contributed by atoms with Crippen LogP contribution in [-0.4, -0.2) is 30.7 Å². The number of aryl methyl sites for hydroxylation is 1. The van der Waals surface area contributed by atoms with Gasteiger partial charge in [0, 0.05) is 12.3 Å². The van der Waals surface area contributed by atoms with Gasteiger partial charge in [0.25, 0.3) is 0 Å². The van der Waals surface area contributed by atoms with Crippen molar-refractivity contribution in [3.63, 3.8) is 0 Å². The highest BCUT2D eigenvalue weighted by molar-refractivity contribution is 5.92. The molecule has 3 N–H and O–H groups in total. The molecule has 1 saturated carbocycles. The predicted octanol–water partition coefficient (Wildman–Crippen LogP) is 2.32. The molecule has 116 valence electrons. The number of hydrogen-bond donors (Lipinski definition) is 3. The third kappa shape index (κ3) is 5.14. The highest BCUT2D eigenvalue weighted by Gasteiger charge is 2.24. The van der Waals surface area contributed by atoms with Gasteiger partial charge in [-0.05, 0) is 50.3 Å². The monoisotopic (exact) mass is 290 g/mol. The maximum atomic E-state index is 11.9. The van der Waals surface area contributed by atoms with Crippen molar-refractivity contribution < 1.29 is 9.90 Å². The van der Waals surface area contributed by atoms with Gasteiger partial charge in [-0.25, -0.2) is 0 Å². The third-order valence-electron chi connectivity index (χ3n) is 4.33. The summed E-state index contributed by atoms with van der Waals surface area (Å²) < 4.78 is 0. The second-order valence-electron chi connectivity index (χ2n) is 6.03. The minimum Gasteiger partial charge on any atom is -0.396 e. The quantitative estimate of drug-likeness (QED) is 0.753. The van der Waals surface area contributed by atoms with Gasteiger partial charge in [0.05, 0.1) is 6.54 Å². The summed E-state index contributed by atoms with van der Waals surface area (Å²) in [5.41, 5.74) is 2.01. The zero-order chi connectivity index (χ0) is 15.1. The molecule has 1 aliphatic rings. The van der Waals surface area contributed by atoms with E-state index in [0.29, 0.717) is 18.4 Å². The van der Waals surface area contributed by atoms with Gasteiger partial charge >= 0.3 is 0 Å². The first kappa shape index (κ1) is 16.0. The van der Waals surface area contributed by atoms with Gasteiger partial charge in [-0.1, -0.05) is 30.5 Å². The van der Waals surface area contributed by atoms with Crippen LogP contribution >= 0.6 is 0 Å². The maximum absolute atomic E-state index is 11.9. The van der Waals surface area contributed by atoms with E-state index in [1.54, 1.807) is 0 Å². The number of aliphatic hydroxyl groups excluding tert-OH is 1. The molecule has 1 fully saturated rings. The number of amides is 1. The Morgan fingerprint density at radius 1 is 1.19 bits per heavy atom. The first-order valence-electron chi connectivity index (χ1n) is 7.87. The van der Waals surface area contributed by atoms with E-state index in [1.165, 1.54) is 18.4 Å². The van der Waals surface area contributed by atoms with E-state index < -0.39 is 0 Å². The van der Waals surface area contributed by atoms with Crippen molar-refractivity contribution in [3.05, 3.63) is 29.8 Å². The van der Waals surface area contributed by atoms with E-state index in [4.69, 9.17) is 0 Å². The molecule has 2 rings (SSSR count). The number of carbonyl (C=O) groups is 1.